The third kappa shape index (κ3) is 11.4. The van der Waals surface area contributed by atoms with Crippen LogP contribution in [0, 0.1) is 0 Å². The van der Waals surface area contributed by atoms with Crippen LogP contribution in [0.25, 0.3) is 0 Å². The summed E-state index contributed by atoms with van der Waals surface area (Å²) < 4.78 is 18.0. The van der Waals surface area contributed by atoms with Crippen molar-refractivity contribution in [3.8, 4) is 0 Å². The molecule has 9 nitrogen and oxygen atoms in total. The number of hydrogen-bond acceptors (Lipinski definition) is 9. The molecule has 0 amide bonds. The van der Waals surface area contributed by atoms with Crippen molar-refractivity contribution in [2.45, 2.75) is 58.4 Å². The molecule has 0 aliphatic heterocycles. The van der Waals surface area contributed by atoms with Gasteiger partial charge in [0.15, 0.2) is 0 Å². The molecule has 0 rings (SSSR count). The van der Waals surface area contributed by atoms with E-state index in [4.69, 9.17) is 5.73 Å². The number of carbonyl (C=O) groups is 4. The smallest absolute Gasteiger partial charge is 0.434 e. The summed E-state index contributed by atoms with van der Waals surface area (Å²) >= 11 is 0. The van der Waals surface area contributed by atoms with Crippen LogP contribution in [-0.2, 0) is 28.5 Å². The van der Waals surface area contributed by atoms with Crippen molar-refractivity contribution >= 4 is 24.2 Å². The van der Waals surface area contributed by atoms with Crippen molar-refractivity contribution in [3.05, 3.63) is 0 Å². The van der Waals surface area contributed by atoms with Crippen LogP contribution >= 0.6 is 0 Å². The van der Waals surface area contributed by atoms with Gasteiger partial charge in [0, 0.05) is 6.42 Å². The minimum Gasteiger partial charge on any atom is -0.434 e. The Morgan fingerprint density at radius 3 is 1.88 bits per heavy atom. The van der Waals surface area contributed by atoms with E-state index in [9.17, 15) is 19.2 Å². The fourth-order valence-corrected chi connectivity index (χ4v) is 1.35. The molecule has 0 spiro atoms. The average Bonchev–Trinajstić information content (AvgIpc) is 2.53. The number of unbranched alkanes of at least 4 members (excludes halogenated alkanes) is 2. The number of esters is 2. The van der Waals surface area contributed by atoms with Crippen LogP contribution in [0.4, 0.5) is 9.59 Å². The van der Waals surface area contributed by atoms with E-state index in [1.54, 1.807) is 0 Å². The molecule has 24 heavy (non-hydrogen) atoms. The topological polar surface area (TPSA) is 131 Å². The van der Waals surface area contributed by atoms with Crippen LogP contribution in [-0.4, -0.2) is 43.5 Å². The van der Waals surface area contributed by atoms with Gasteiger partial charge in [0.2, 0.25) is 0 Å². The maximum Gasteiger partial charge on any atom is 0.516 e. The van der Waals surface area contributed by atoms with E-state index in [2.05, 4.69) is 18.9 Å². The van der Waals surface area contributed by atoms with Crippen molar-refractivity contribution in [3.63, 3.8) is 0 Å². The fraction of sp³-hybridized carbons (Fsp3) is 0.733. The summed E-state index contributed by atoms with van der Waals surface area (Å²) in [6.45, 7) is 4.13. The molecule has 0 saturated carbocycles. The predicted molar refractivity (Wildman–Crippen MR) is 81.9 cm³/mol. The summed E-state index contributed by atoms with van der Waals surface area (Å²) in [6.07, 6.45) is 0.286. The molecule has 0 saturated heterocycles. The SMILES string of the molecule is CCCCOC(=O)OC(=O)CC[C@H](N)C(=O)OC(=O)OCCCC. The molecular formula is C15H25NO8. The number of carbonyl (C=O) groups excluding carboxylic acids is 4. The zero-order chi connectivity index (χ0) is 18.4. The summed E-state index contributed by atoms with van der Waals surface area (Å²) in [4.78, 5) is 45.2. The van der Waals surface area contributed by atoms with E-state index in [-0.39, 0.29) is 26.1 Å². The van der Waals surface area contributed by atoms with Crippen molar-refractivity contribution in [1.29, 1.82) is 0 Å². The zero-order valence-corrected chi connectivity index (χ0v) is 14.1. The van der Waals surface area contributed by atoms with Gasteiger partial charge in [0.25, 0.3) is 0 Å². The summed E-state index contributed by atoms with van der Waals surface area (Å²) in [5, 5.41) is 0. The number of rotatable bonds is 10. The molecule has 138 valence electrons. The first-order valence-electron chi connectivity index (χ1n) is 7.92. The number of hydrogen-bond donors (Lipinski definition) is 1. The average molecular weight is 347 g/mol. The van der Waals surface area contributed by atoms with Gasteiger partial charge in [-0.05, 0) is 19.3 Å². The Kier molecular flexibility index (Phi) is 12.1. The van der Waals surface area contributed by atoms with Gasteiger partial charge in [-0.3, -0.25) is 4.79 Å². The van der Waals surface area contributed by atoms with Crippen LogP contribution < -0.4 is 5.73 Å². The molecule has 0 aromatic carbocycles. The largest absolute Gasteiger partial charge is 0.516 e. The molecule has 0 bridgehead atoms. The van der Waals surface area contributed by atoms with Crippen molar-refractivity contribution in [1.82, 2.24) is 0 Å². The highest BCUT2D eigenvalue weighted by Crippen LogP contribution is 2.02. The zero-order valence-electron chi connectivity index (χ0n) is 14.1. The maximum atomic E-state index is 11.5. The quantitative estimate of drug-likeness (QED) is 0.358. The van der Waals surface area contributed by atoms with Gasteiger partial charge in [-0.25, -0.2) is 14.4 Å². The Hall–Kier alpha value is -2.16. The van der Waals surface area contributed by atoms with Gasteiger partial charge in [0.05, 0.1) is 13.2 Å². The van der Waals surface area contributed by atoms with E-state index in [0.717, 1.165) is 12.8 Å². The highest BCUT2D eigenvalue weighted by atomic mass is 16.7. The van der Waals surface area contributed by atoms with Gasteiger partial charge in [0.1, 0.15) is 6.04 Å². The molecule has 0 unspecified atom stereocenters. The first-order chi connectivity index (χ1) is 11.4. The van der Waals surface area contributed by atoms with Gasteiger partial charge in [-0.1, -0.05) is 26.7 Å². The Balaban J connectivity index is 3.95. The number of nitrogens with two attached hydrogens (primary N) is 1. The Morgan fingerprint density at radius 1 is 0.875 bits per heavy atom. The second-order valence-corrected chi connectivity index (χ2v) is 4.94. The van der Waals surface area contributed by atoms with Gasteiger partial charge < -0.3 is 24.7 Å². The Bertz CT molecular complexity index is 424. The third-order valence-electron chi connectivity index (χ3n) is 2.78. The molecule has 2 N–H and O–H groups in total. The monoisotopic (exact) mass is 347 g/mol. The van der Waals surface area contributed by atoms with Crippen LogP contribution in [0.2, 0.25) is 0 Å². The Morgan fingerprint density at radius 2 is 1.38 bits per heavy atom. The minimum absolute atomic E-state index is 0.143. The fourth-order valence-electron chi connectivity index (χ4n) is 1.35. The molecule has 0 aromatic heterocycles. The van der Waals surface area contributed by atoms with Crippen LogP contribution in [0.15, 0.2) is 0 Å². The lowest BCUT2D eigenvalue weighted by molar-refractivity contribution is -0.142. The van der Waals surface area contributed by atoms with E-state index >= 15 is 0 Å². The summed E-state index contributed by atoms with van der Waals surface area (Å²) in [5.74, 6) is -1.90. The van der Waals surface area contributed by atoms with Crippen LogP contribution in [0.5, 0.6) is 0 Å². The highest BCUT2D eigenvalue weighted by Gasteiger charge is 2.22. The van der Waals surface area contributed by atoms with Crippen molar-refractivity contribution < 1.29 is 38.1 Å². The Labute approximate surface area is 140 Å². The van der Waals surface area contributed by atoms with Crippen LogP contribution in [0.3, 0.4) is 0 Å². The van der Waals surface area contributed by atoms with Crippen molar-refractivity contribution in [2.75, 3.05) is 13.2 Å². The first kappa shape index (κ1) is 21.8. The molecular weight excluding hydrogens is 322 g/mol. The third-order valence-corrected chi connectivity index (χ3v) is 2.78. The lowest BCUT2D eigenvalue weighted by Crippen LogP contribution is -2.34. The second kappa shape index (κ2) is 13.3. The highest BCUT2D eigenvalue weighted by molar-refractivity contribution is 5.86. The van der Waals surface area contributed by atoms with E-state index in [1.165, 1.54) is 0 Å². The van der Waals surface area contributed by atoms with E-state index in [1.807, 2.05) is 13.8 Å². The van der Waals surface area contributed by atoms with Gasteiger partial charge in [-0.15, -0.1) is 0 Å². The molecule has 0 aliphatic carbocycles. The standard InChI is InChI=1S/C15H25NO8/c1-3-5-9-21-14(19)23-12(17)8-7-11(16)13(18)24-15(20)22-10-6-4-2/h11H,3-10,16H2,1-2H3/t11-/m0/s1. The van der Waals surface area contributed by atoms with Crippen LogP contribution in [0.1, 0.15) is 52.4 Å². The summed E-state index contributed by atoms with van der Waals surface area (Å²) in [7, 11) is 0. The van der Waals surface area contributed by atoms with Gasteiger partial charge in [-0.2, -0.15) is 0 Å². The minimum atomic E-state index is -1.22. The van der Waals surface area contributed by atoms with E-state index in [0.29, 0.717) is 12.8 Å². The molecule has 0 radical (unpaired) electrons. The summed E-state index contributed by atoms with van der Waals surface area (Å²) in [5.41, 5.74) is 5.49. The van der Waals surface area contributed by atoms with Gasteiger partial charge >= 0.3 is 24.2 Å². The predicted octanol–water partition coefficient (Wildman–Crippen LogP) is 2.05. The maximum absolute atomic E-state index is 11.5. The first-order valence-corrected chi connectivity index (χ1v) is 7.92. The lowest BCUT2D eigenvalue weighted by atomic mass is 10.2. The summed E-state index contributed by atoms with van der Waals surface area (Å²) in [6, 6.07) is -1.22. The molecule has 0 heterocycles. The molecule has 1 atom stereocenters. The molecule has 0 aliphatic rings. The number of ether oxygens (including phenoxy) is 4. The van der Waals surface area contributed by atoms with Crippen molar-refractivity contribution in [2.24, 2.45) is 5.73 Å². The second-order valence-electron chi connectivity index (χ2n) is 4.94. The molecule has 0 fully saturated rings. The lowest BCUT2D eigenvalue weighted by Gasteiger charge is -2.10. The molecule has 0 aromatic rings. The molecule has 9 heteroatoms. The normalized spacial score (nSPS) is 11.3. The van der Waals surface area contributed by atoms with E-state index < -0.39 is 30.3 Å².